The number of hydrogen-bond acceptors (Lipinski definition) is 6. The molecule has 1 aromatic heterocycles. The SMILES string of the molecule is Cc1cc([N+](=O)[O-])ccc1S(=O)(=O)Nc1nccnc1Cl. The van der Waals surface area contributed by atoms with E-state index in [1.54, 1.807) is 0 Å². The van der Waals surface area contributed by atoms with Gasteiger partial charge in [-0.25, -0.2) is 18.4 Å². The highest BCUT2D eigenvalue weighted by molar-refractivity contribution is 7.92. The summed E-state index contributed by atoms with van der Waals surface area (Å²) in [6.45, 7) is 1.46. The Bertz CT molecular complexity index is 810. The summed E-state index contributed by atoms with van der Waals surface area (Å²) in [6.07, 6.45) is 2.60. The number of hydrogen-bond donors (Lipinski definition) is 1. The first kappa shape index (κ1) is 15.1. The molecule has 0 spiro atoms. The summed E-state index contributed by atoms with van der Waals surface area (Å²) >= 11 is 5.73. The zero-order valence-corrected chi connectivity index (χ0v) is 12.2. The van der Waals surface area contributed by atoms with Crippen LogP contribution in [-0.4, -0.2) is 23.3 Å². The van der Waals surface area contributed by atoms with Crippen molar-refractivity contribution in [1.29, 1.82) is 0 Å². The third kappa shape index (κ3) is 3.26. The van der Waals surface area contributed by atoms with E-state index in [9.17, 15) is 18.5 Å². The Morgan fingerprint density at radius 3 is 2.52 bits per heavy atom. The van der Waals surface area contributed by atoms with Gasteiger partial charge in [0.05, 0.1) is 9.82 Å². The van der Waals surface area contributed by atoms with Crippen molar-refractivity contribution in [3.8, 4) is 0 Å². The molecule has 2 rings (SSSR count). The van der Waals surface area contributed by atoms with E-state index < -0.39 is 14.9 Å². The highest BCUT2D eigenvalue weighted by Gasteiger charge is 2.21. The van der Waals surface area contributed by atoms with E-state index >= 15 is 0 Å². The Hall–Kier alpha value is -2.26. The molecule has 0 radical (unpaired) electrons. The van der Waals surface area contributed by atoms with Crippen LogP contribution in [-0.2, 0) is 10.0 Å². The highest BCUT2D eigenvalue weighted by atomic mass is 35.5. The molecular formula is C11H9ClN4O4S. The average Bonchev–Trinajstić information content (AvgIpc) is 2.40. The molecule has 0 amide bonds. The number of anilines is 1. The largest absolute Gasteiger partial charge is 0.269 e. The molecule has 0 atom stereocenters. The first-order valence-corrected chi connectivity index (χ1v) is 7.42. The highest BCUT2D eigenvalue weighted by Crippen LogP contribution is 2.24. The Labute approximate surface area is 125 Å². The van der Waals surface area contributed by atoms with E-state index in [1.165, 1.54) is 25.4 Å². The van der Waals surface area contributed by atoms with Gasteiger partial charge in [-0.05, 0) is 18.6 Å². The Balaban J connectivity index is 2.41. The summed E-state index contributed by atoms with van der Waals surface area (Å²) < 4.78 is 26.7. The van der Waals surface area contributed by atoms with E-state index in [2.05, 4.69) is 14.7 Å². The van der Waals surface area contributed by atoms with Crippen LogP contribution in [0, 0.1) is 17.0 Å². The smallest absolute Gasteiger partial charge is 0.261 e. The Kier molecular flexibility index (Phi) is 4.05. The maximum Gasteiger partial charge on any atom is 0.269 e. The standard InChI is InChI=1S/C11H9ClN4O4S/c1-7-6-8(16(17)18)2-3-9(7)21(19,20)15-11-10(12)13-4-5-14-11/h2-6H,1H3,(H,14,15). The number of nitrogens with one attached hydrogen (secondary N) is 1. The van der Waals surface area contributed by atoms with Crippen molar-refractivity contribution >= 4 is 33.1 Å². The van der Waals surface area contributed by atoms with Crippen molar-refractivity contribution in [3.05, 3.63) is 51.4 Å². The molecule has 0 aliphatic carbocycles. The third-order valence-corrected chi connectivity index (χ3v) is 4.32. The van der Waals surface area contributed by atoms with Crippen LogP contribution >= 0.6 is 11.6 Å². The normalized spacial score (nSPS) is 11.1. The lowest BCUT2D eigenvalue weighted by Gasteiger charge is -2.10. The van der Waals surface area contributed by atoms with Gasteiger partial charge in [0.2, 0.25) is 0 Å². The summed E-state index contributed by atoms with van der Waals surface area (Å²) in [6, 6.07) is 3.44. The second-order valence-corrected chi connectivity index (χ2v) is 6.02. The number of aryl methyl sites for hydroxylation is 1. The molecule has 21 heavy (non-hydrogen) atoms. The van der Waals surface area contributed by atoms with Crippen molar-refractivity contribution in [2.24, 2.45) is 0 Å². The van der Waals surface area contributed by atoms with E-state index in [0.29, 0.717) is 0 Å². The van der Waals surface area contributed by atoms with Crippen LogP contribution in [0.15, 0.2) is 35.5 Å². The lowest BCUT2D eigenvalue weighted by molar-refractivity contribution is -0.385. The van der Waals surface area contributed by atoms with Gasteiger partial charge in [0.1, 0.15) is 0 Å². The fourth-order valence-electron chi connectivity index (χ4n) is 1.62. The number of halogens is 1. The molecule has 0 bridgehead atoms. The van der Waals surface area contributed by atoms with Gasteiger partial charge in [-0.1, -0.05) is 11.6 Å². The number of aromatic nitrogens is 2. The summed E-state index contributed by atoms with van der Waals surface area (Å²) in [5.41, 5.74) is 0.0423. The van der Waals surface area contributed by atoms with E-state index in [-0.39, 0.29) is 27.1 Å². The molecule has 8 nitrogen and oxygen atoms in total. The quantitative estimate of drug-likeness (QED) is 0.679. The maximum atomic E-state index is 12.2. The molecule has 1 aromatic carbocycles. The van der Waals surface area contributed by atoms with Crippen molar-refractivity contribution in [2.75, 3.05) is 4.72 Å². The molecule has 0 fully saturated rings. The topological polar surface area (TPSA) is 115 Å². The lowest BCUT2D eigenvalue weighted by Crippen LogP contribution is -2.15. The van der Waals surface area contributed by atoms with Crippen molar-refractivity contribution in [1.82, 2.24) is 9.97 Å². The number of nitrogens with zero attached hydrogens (tertiary/aromatic N) is 3. The number of sulfonamides is 1. The molecule has 0 saturated heterocycles. The molecule has 1 heterocycles. The Morgan fingerprint density at radius 1 is 1.29 bits per heavy atom. The molecule has 110 valence electrons. The molecule has 0 aliphatic rings. The molecular weight excluding hydrogens is 320 g/mol. The zero-order chi connectivity index (χ0) is 15.6. The van der Waals surface area contributed by atoms with Crippen LogP contribution < -0.4 is 4.72 Å². The van der Waals surface area contributed by atoms with Crippen LogP contribution in [0.2, 0.25) is 5.15 Å². The molecule has 2 aromatic rings. The van der Waals surface area contributed by atoms with Gasteiger partial charge in [0, 0.05) is 24.5 Å². The van der Waals surface area contributed by atoms with Crippen LogP contribution in [0.3, 0.4) is 0 Å². The van der Waals surface area contributed by atoms with Gasteiger partial charge in [-0.3, -0.25) is 14.8 Å². The maximum absolute atomic E-state index is 12.2. The predicted octanol–water partition coefficient (Wildman–Crippen LogP) is 2.15. The molecule has 0 saturated carbocycles. The minimum absolute atomic E-state index is 0.0966. The van der Waals surface area contributed by atoms with Crippen LogP contribution in [0.5, 0.6) is 0 Å². The number of nitro benzene ring substituents is 1. The molecule has 10 heteroatoms. The second-order valence-electron chi connectivity index (χ2n) is 4.01. The Morgan fingerprint density at radius 2 is 1.95 bits per heavy atom. The van der Waals surface area contributed by atoms with Crippen LogP contribution in [0.1, 0.15) is 5.56 Å². The summed E-state index contributed by atoms with van der Waals surface area (Å²) in [5.74, 6) is -0.114. The van der Waals surface area contributed by atoms with Gasteiger partial charge < -0.3 is 0 Å². The first-order chi connectivity index (χ1) is 9.81. The zero-order valence-electron chi connectivity index (χ0n) is 10.6. The number of nitro groups is 1. The average molecular weight is 329 g/mol. The minimum Gasteiger partial charge on any atom is -0.261 e. The van der Waals surface area contributed by atoms with Gasteiger partial charge in [-0.2, -0.15) is 0 Å². The number of benzene rings is 1. The van der Waals surface area contributed by atoms with Crippen LogP contribution in [0.4, 0.5) is 11.5 Å². The van der Waals surface area contributed by atoms with E-state index in [0.717, 1.165) is 12.1 Å². The molecule has 0 unspecified atom stereocenters. The fourth-order valence-corrected chi connectivity index (χ4v) is 3.07. The van der Waals surface area contributed by atoms with Gasteiger partial charge >= 0.3 is 0 Å². The third-order valence-electron chi connectivity index (χ3n) is 2.54. The van der Waals surface area contributed by atoms with Gasteiger partial charge in [0.15, 0.2) is 11.0 Å². The lowest BCUT2D eigenvalue weighted by atomic mass is 10.2. The number of rotatable bonds is 4. The van der Waals surface area contributed by atoms with E-state index in [1.807, 2.05) is 0 Å². The van der Waals surface area contributed by atoms with Gasteiger partial charge in [-0.15, -0.1) is 0 Å². The summed E-state index contributed by atoms with van der Waals surface area (Å²) in [4.78, 5) is 17.4. The minimum atomic E-state index is -3.97. The van der Waals surface area contributed by atoms with Crippen LogP contribution in [0.25, 0.3) is 0 Å². The second kappa shape index (κ2) is 5.62. The summed E-state index contributed by atoms with van der Waals surface area (Å²) in [7, 11) is -3.97. The predicted molar refractivity (Wildman–Crippen MR) is 75.7 cm³/mol. The first-order valence-electron chi connectivity index (χ1n) is 5.55. The number of non-ortho nitro benzene ring substituents is 1. The van der Waals surface area contributed by atoms with Gasteiger partial charge in [0.25, 0.3) is 15.7 Å². The molecule has 1 N–H and O–H groups in total. The molecule has 0 aliphatic heterocycles. The monoisotopic (exact) mass is 328 g/mol. The summed E-state index contributed by atoms with van der Waals surface area (Å²) in [5, 5.41) is 10.6. The van der Waals surface area contributed by atoms with Crippen molar-refractivity contribution < 1.29 is 13.3 Å². The fraction of sp³-hybridized carbons (Fsp3) is 0.0909. The van der Waals surface area contributed by atoms with E-state index in [4.69, 9.17) is 11.6 Å². The van der Waals surface area contributed by atoms with Crippen molar-refractivity contribution in [2.45, 2.75) is 11.8 Å². The van der Waals surface area contributed by atoms with Crippen molar-refractivity contribution in [3.63, 3.8) is 0 Å².